The molecule has 2 N–H and O–H groups in total. The highest BCUT2D eigenvalue weighted by atomic mass is 35.5. The molecule has 0 saturated heterocycles. The number of para-hydroxylation sites is 2. The summed E-state index contributed by atoms with van der Waals surface area (Å²) in [6, 6.07) is 19.5. The molecule has 1 amide bonds. The first kappa shape index (κ1) is 18.4. The number of hydrogen-bond donors (Lipinski definition) is 2. The van der Waals surface area contributed by atoms with Crippen LogP contribution >= 0.6 is 11.6 Å². The van der Waals surface area contributed by atoms with E-state index in [1.165, 1.54) is 10.9 Å². The lowest BCUT2D eigenvalue weighted by Crippen LogP contribution is -2.15. The zero-order valence-electron chi connectivity index (χ0n) is 15.6. The number of aromatic amines is 1. The number of carbonyl (C=O) groups excluding carboxylic acids is 1. The van der Waals surface area contributed by atoms with Crippen LogP contribution in [0.15, 0.2) is 60.7 Å². The van der Waals surface area contributed by atoms with Gasteiger partial charge in [-0.3, -0.25) is 4.79 Å². The van der Waals surface area contributed by atoms with Gasteiger partial charge in [-0.05, 0) is 36.2 Å². The molecule has 0 bridgehead atoms. The lowest BCUT2D eigenvalue weighted by molar-refractivity contribution is -0.116. The van der Waals surface area contributed by atoms with Gasteiger partial charge in [0, 0.05) is 27.5 Å². The van der Waals surface area contributed by atoms with Crippen LogP contribution in [0.1, 0.15) is 18.9 Å². The second kappa shape index (κ2) is 7.95. The largest absolute Gasteiger partial charge is 0.491 e. The van der Waals surface area contributed by atoms with Gasteiger partial charge >= 0.3 is 0 Å². The molecule has 4 rings (SSSR count). The molecule has 1 aromatic heterocycles. The Hall–Kier alpha value is -2.98. The van der Waals surface area contributed by atoms with Gasteiger partial charge in [-0.1, -0.05) is 54.9 Å². The molecule has 0 unspecified atom stereocenters. The minimum Gasteiger partial charge on any atom is -0.491 e. The molecule has 1 heterocycles. The number of hydrogen-bond acceptors (Lipinski definition) is 2. The van der Waals surface area contributed by atoms with Gasteiger partial charge in [-0.25, -0.2) is 0 Å². The molecule has 5 heteroatoms. The van der Waals surface area contributed by atoms with Crippen molar-refractivity contribution < 1.29 is 9.53 Å². The number of aromatic nitrogens is 1. The predicted octanol–water partition coefficient (Wildman–Crippen LogP) is 5.94. The summed E-state index contributed by atoms with van der Waals surface area (Å²) in [4.78, 5) is 15.8. The summed E-state index contributed by atoms with van der Waals surface area (Å²) in [6.07, 6.45) is 1.22. The van der Waals surface area contributed by atoms with Crippen LogP contribution in [0, 0.1) is 0 Å². The van der Waals surface area contributed by atoms with Gasteiger partial charge in [-0.15, -0.1) is 0 Å². The minimum atomic E-state index is -0.100. The second-order valence-electron chi connectivity index (χ2n) is 6.66. The smallest absolute Gasteiger partial charge is 0.227 e. The highest BCUT2D eigenvalue weighted by molar-refractivity contribution is 6.32. The number of aryl methyl sites for hydroxylation is 1. The molecule has 0 aliphatic rings. The fourth-order valence-corrected chi connectivity index (χ4v) is 3.59. The van der Waals surface area contributed by atoms with E-state index in [4.69, 9.17) is 16.3 Å². The molecule has 0 radical (unpaired) electrons. The lowest BCUT2D eigenvalue weighted by atomic mass is 10.1. The van der Waals surface area contributed by atoms with Gasteiger partial charge in [-0.2, -0.15) is 0 Å². The van der Waals surface area contributed by atoms with E-state index in [0.29, 0.717) is 10.8 Å². The lowest BCUT2D eigenvalue weighted by Gasteiger charge is -2.08. The fourth-order valence-electron chi connectivity index (χ4n) is 3.40. The average Bonchev–Trinajstić information content (AvgIpc) is 3.07. The maximum Gasteiger partial charge on any atom is 0.227 e. The molecule has 0 spiro atoms. The molecule has 28 heavy (non-hydrogen) atoms. The standard InChI is InChI=1S/C23H21ClN2O2/c1-2-15-6-5-7-18-17-11-10-16(14-20(17)26-23(15)18)25-22(27)12-13-28-21-9-4-3-8-19(21)24/h3-11,14,26H,2,12-13H2,1H3,(H,25,27). The molecule has 0 fully saturated rings. The first-order valence-corrected chi connectivity index (χ1v) is 9.74. The predicted molar refractivity (Wildman–Crippen MR) is 115 cm³/mol. The van der Waals surface area contributed by atoms with Crippen molar-refractivity contribution in [2.45, 2.75) is 19.8 Å². The summed E-state index contributed by atoms with van der Waals surface area (Å²) in [5.74, 6) is 0.486. The number of nitrogens with one attached hydrogen (secondary N) is 2. The molecule has 4 aromatic rings. The molecule has 0 aliphatic heterocycles. The highest BCUT2D eigenvalue weighted by Gasteiger charge is 2.09. The van der Waals surface area contributed by atoms with Crippen LogP contribution in [0.4, 0.5) is 5.69 Å². The van der Waals surface area contributed by atoms with E-state index >= 15 is 0 Å². The quantitative estimate of drug-likeness (QED) is 0.426. The monoisotopic (exact) mass is 392 g/mol. The number of amides is 1. The Bertz CT molecular complexity index is 1150. The molecule has 0 aliphatic carbocycles. The minimum absolute atomic E-state index is 0.100. The summed E-state index contributed by atoms with van der Waals surface area (Å²) >= 11 is 6.05. The number of rotatable bonds is 6. The Balaban J connectivity index is 1.45. The number of carbonyl (C=O) groups is 1. The molecule has 142 valence electrons. The van der Waals surface area contributed by atoms with Crippen molar-refractivity contribution in [2.24, 2.45) is 0 Å². The molecular weight excluding hydrogens is 372 g/mol. The zero-order valence-corrected chi connectivity index (χ0v) is 16.3. The summed E-state index contributed by atoms with van der Waals surface area (Å²) in [6.45, 7) is 2.42. The van der Waals surface area contributed by atoms with Gasteiger partial charge in [0.2, 0.25) is 5.91 Å². The first-order valence-electron chi connectivity index (χ1n) is 9.36. The van der Waals surface area contributed by atoms with Crippen molar-refractivity contribution >= 4 is 45.0 Å². The summed E-state index contributed by atoms with van der Waals surface area (Å²) < 4.78 is 5.58. The summed E-state index contributed by atoms with van der Waals surface area (Å²) in [5, 5.41) is 5.84. The third-order valence-electron chi connectivity index (χ3n) is 4.81. The van der Waals surface area contributed by atoms with Crippen LogP contribution < -0.4 is 10.1 Å². The van der Waals surface area contributed by atoms with Crippen LogP contribution in [-0.4, -0.2) is 17.5 Å². The molecule has 0 atom stereocenters. The number of fused-ring (bicyclic) bond motifs is 3. The second-order valence-corrected chi connectivity index (χ2v) is 7.06. The Labute approximate surface area is 168 Å². The highest BCUT2D eigenvalue weighted by Crippen LogP contribution is 2.30. The maximum atomic E-state index is 12.3. The van der Waals surface area contributed by atoms with Crippen molar-refractivity contribution in [2.75, 3.05) is 11.9 Å². The summed E-state index contributed by atoms with van der Waals surface area (Å²) in [7, 11) is 0. The van der Waals surface area contributed by atoms with Gasteiger partial charge < -0.3 is 15.0 Å². The van der Waals surface area contributed by atoms with Crippen LogP contribution in [0.25, 0.3) is 21.8 Å². The fraction of sp³-hybridized carbons (Fsp3) is 0.174. The van der Waals surface area contributed by atoms with E-state index < -0.39 is 0 Å². The zero-order chi connectivity index (χ0) is 19.5. The topological polar surface area (TPSA) is 54.1 Å². The number of halogens is 1. The SMILES string of the molecule is CCc1cccc2c1[nH]c1cc(NC(=O)CCOc3ccccc3Cl)ccc12. The molecule has 3 aromatic carbocycles. The van der Waals surface area contributed by atoms with Crippen LogP contribution in [0.2, 0.25) is 5.02 Å². The molecular formula is C23H21ClN2O2. The van der Waals surface area contributed by atoms with Gasteiger partial charge in [0.25, 0.3) is 0 Å². The molecule has 4 nitrogen and oxygen atoms in total. The molecule has 0 saturated carbocycles. The van der Waals surface area contributed by atoms with E-state index in [9.17, 15) is 4.79 Å². The Kier molecular flexibility index (Phi) is 5.22. The number of H-pyrrole nitrogens is 1. The number of anilines is 1. The Morgan fingerprint density at radius 1 is 1.07 bits per heavy atom. The van der Waals surface area contributed by atoms with E-state index in [1.807, 2.05) is 30.3 Å². The van der Waals surface area contributed by atoms with Crippen molar-refractivity contribution in [3.8, 4) is 5.75 Å². The van der Waals surface area contributed by atoms with E-state index in [1.54, 1.807) is 12.1 Å². The van der Waals surface area contributed by atoms with E-state index in [-0.39, 0.29) is 18.9 Å². The normalized spacial score (nSPS) is 11.1. The van der Waals surface area contributed by atoms with Crippen molar-refractivity contribution in [1.82, 2.24) is 4.98 Å². The van der Waals surface area contributed by atoms with Crippen LogP contribution in [0.5, 0.6) is 5.75 Å². The number of benzene rings is 3. The van der Waals surface area contributed by atoms with Crippen LogP contribution in [-0.2, 0) is 11.2 Å². The Morgan fingerprint density at radius 3 is 2.75 bits per heavy atom. The van der Waals surface area contributed by atoms with E-state index in [2.05, 4.69) is 35.4 Å². The van der Waals surface area contributed by atoms with Gasteiger partial charge in [0.15, 0.2) is 0 Å². The van der Waals surface area contributed by atoms with E-state index in [0.717, 1.165) is 28.5 Å². The van der Waals surface area contributed by atoms with Gasteiger partial charge in [0.1, 0.15) is 5.75 Å². The summed E-state index contributed by atoms with van der Waals surface area (Å²) in [5.41, 5.74) is 4.23. The average molecular weight is 393 g/mol. The third kappa shape index (κ3) is 3.69. The van der Waals surface area contributed by atoms with Gasteiger partial charge in [0.05, 0.1) is 18.1 Å². The van der Waals surface area contributed by atoms with Crippen molar-refractivity contribution in [1.29, 1.82) is 0 Å². The van der Waals surface area contributed by atoms with Crippen molar-refractivity contribution in [3.05, 3.63) is 71.2 Å². The van der Waals surface area contributed by atoms with Crippen molar-refractivity contribution in [3.63, 3.8) is 0 Å². The third-order valence-corrected chi connectivity index (χ3v) is 5.12. The maximum absolute atomic E-state index is 12.3. The Morgan fingerprint density at radius 2 is 1.93 bits per heavy atom. The first-order chi connectivity index (χ1) is 13.7. The number of ether oxygens (including phenoxy) is 1. The van der Waals surface area contributed by atoms with Crippen LogP contribution in [0.3, 0.4) is 0 Å².